The largest absolute Gasteiger partial charge is 0.493 e. The first-order chi connectivity index (χ1) is 13.8. The van der Waals surface area contributed by atoms with Crippen LogP contribution in [0, 0.1) is 18.8 Å². The highest BCUT2D eigenvalue weighted by molar-refractivity contribution is 5.95. The van der Waals surface area contributed by atoms with Crippen LogP contribution in [0.1, 0.15) is 45.2 Å². The lowest BCUT2D eigenvalue weighted by Gasteiger charge is -2.28. The quantitative estimate of drug-likeness (QED) is 0.798. The summed E-state index contributed by atoms with van der Waals surface area (Å²) in [5, 5.41) is 3.92. The van der Waals surface area contributed by atoms with E-state index in [1.807, 2.05) is 45.0 Å². The second-order valence-electron chi connectivity index (χ2n) is 7.78. The molecule has 0 unspecified atom stereocenters. The van der Waals surface area contributed by atoms with Crippen LogP contribution in [0.5, 0.6) is 5.75 Å². The van der Waals surface area contributed by atoms with Crippen LogP contribution < -0.4 is 15.8 Å². The molecule has 156 valence electrons. The van der Waals surface area contributed by atoms with E-state index < -0.39 is 0 Å². The number of benzene rings is 1. The molecule has 0 aliphatic heterocycles. The molecular weight excluding hydrogens is 370 g/mol. The molecule has 29 heavy (non-hydrogen) atoms. The van der Waals surface area contributed by atoms with Crippen LogP contribution in [-0.4, -0.2) is 29.7 Å². The normalized spacial score (nSPS) is 18.5. The SMILES string of the molecule is Cc1cc(N)c2c(OCC3CCC(C(=O)NC(C)C)CC3)cccc2n1.O=C=O. The second kappa shape index (κ2) is 10.6. The Hall–Kier alpha value is -2.92. The Balaban J connectivity index is 0.000000941. The van der Waals surface area contributed by atoms with Crippen molar-refractivity contribution in [1.29, 1.82) is 0 Å². The van der Waals surface area contributed by atoms with Crippen LogP contribution in [0.3, 0.4) is 0 Å². The molecule has 3 N–H and O–H groups in total. The average Bonchev–Trinajstić information content (AvgIpc) is 2.66. The first-order valence-corrected chi connectivity index (χ1v) is 9.94. The number of rotatable bonds is 5. The molecule has 0 bridgehead atoms. The maximum Gasteiger partial charge on any atom is 0.373 e. The summed E-state index contributed by atoms with van der Waals surface area (Å²) in [5.41, 5.74) is 8.68. The van der Waals surface area contributed by atoms with Crippen LogP contribution in [-0.2, 0) is 14.4 Å². The molecule has 1 aliphatic carbocycles. The maximum atomic E-state index is 12.1. The van der Waals surface area contributed by atoms with Crippen LogP contribution in [0.2, 0.25) is 0 Å². The number of hydrogen-bond acceptors (Lipinski definition) is 6. The molecule has 0 atom stereocenters. The van der Waals surface area contributed by atoms with Gasteiger partial charge in [0.2, 0.25) is 5.91 Å². The number of aromatic nitrogens is 1. The minimum Gasteiger partial charge on any atom is -0.493 e. The zero-order chi connectivity index (χ0) is 21.4. The van der Waals surface area contributed by atoms with Crippen LogP contribution >= 0.6 is 0 Å². The van der Waals surface area contributed by atoms with E-state index in [-0.39, 0.29) is 24.0 Å². The van der Waals surface area contributed by atoms with Gasteiger partial charge < -0.3 is 15.8 Å². The van der Waals surface area contributed by atoms with Gasteiger partial charge in [0.25, 0.3) is 0 Å². The monoisotopic (exact) mass is 399 g/mol. The van der Waals surface area contributed by atoms with Gasteiger partial charge in [-0.15, -0.1) is 0 Å². The zero-order valence-electron chi connectivity index (χ0n) is 17.2. The number of nitrogens with zero attached hydrogens (tertiary/aromatic N) is 1. The smallest absolute Gasteiger partial charge is 0.373 e. The number of anilines is 1. The van der Waals surface area contributed by atoms with Crippen molar-refractivity contribution in [3.05, 3.63) is 30.0 Å². The number of amides is 1. The minimum atomic E-state index is 0.147. The summed E-state index contributed by atoms with van der Waals surface area (Å²) in [5.74, 6) is 1.62. The van der Waals surface area contributed by atoms with E-state index in [1.165, 1.54) is 0 Å². The fourth-order valence-electron chi connectivity index (χ4n) is 3.74. The molecule has 1 heterocycles. The first-order valence-electron chi connectivity index (χ1n) is 9.94. The molecule has 0 radical (unpaired) electrons. The number of carbonyl (C=O) groups excluding carboxylic acids is 3. The topological polar surface area (TPSA) is 111 Å². The fourth-order valence-corrected chi connectivity index (χ4v) is 3.74. The Morgan fingerprint density at radius 3 is 2.55 bits per heavy atom. The summed E-state index contributed by atoms with van der Waals surface area (Å²) in [6, 6.07) is 7.96. The lowest BCUT2D eigenvalue weighted by atomic mass is 9.82. The molecule has 1 amide bonds. The van der Waals surface area contributed by atoms with E-state index in [2.05, 4.69) is 10.3 Å². The van der Waals surface area contributed by atoms with Gasteiger partial charge in [0.1, 0.15) is 5.75 Å². The van der Waals surface area contributed by atoms with Crippen LogP contribution in [0.15, 0.2) is 24.3 Å². The molecule has 7 heteroatoms. The Bertz CT molecular complexity index is 868. The predicted octanol–water partition coefficient (Wildman–Crippen LogP) is 3.25. The molecule has 1 fully saturated rings. The predicted molar refractivity (Wildman–Crippen MR) is 110 cm³/mol. The molecular formula is C22H29N3O4. The molecule has 1 saturated carbocycles. The number of nitrogens with two attached hydrogens (primary N) is 1. The average molecular weight is 399 g/mol. The van der Waals surface area contributed by atoms with Crippen molar-refractivity contribution in [3.63, 3.8) is 0 Å². The number of carbonyl (C=O) groups is 1. The highest BCUT2D eigenvalue weighted by atomic mass is 16.5. The van der Waals surface area contributed by atoms with Crippen molar-refractivity contribution in [2.45, 2.75) is 52.5 Å². The summed E-state index contributed by atoms with van der Waals surface area (Å²) >= 11 is 0. The summed E-state index contributed by atoms with van der Waals surface area (Å²) < 4.78 is 6.12. The lowest BCUT2D eigenvalue weighted by molar-refractivity contribution is -0.191. The second-order valence-corrected chi connectivity index (χ2v) is 7.78. The number of pyridine rings is 1. The van der Waals surface area contributed by atoms with Crippen LogP contribution in [0.25, 0.3) is 10.9 Å². The maximum absolute atomic E-state index is 12.1. The van der Waals surface area contributed by atoms with Crippen LogP contribution in [0.4, 0.5) is 5.69 Å². The van der Waals surface area contributed by atoms with E-state index in [0.29, 0.717) is 18.2 Å². The number of aryl methyl sites for hydroxylation is 1. The molecule has 7 nitrogen and oxygen atoms in total. The van der Waals surface area contributed by atoms with E-state index in [4.69, 9.17) is 20.1 Å². The molecule has 1 aromatic heterocycles. The van der Waals surface area contributed by atoms with Crippen molar-refractivity contribution in [2.24, 2.45) is 11.8 Å². The minimum absolute atomic E-state index is 0.147. The van der Waals surface area contributed by atoms with Gasteiger partial charge in [0.15, 0.2) is 0 Å². The highest BCUT2D eigenvalue weighted by Gasteiger charge is 2.27. The molecule has 1 aromatic carbocycles. The standard InChI is InChI=1S/C21H29N3O2.CO2/c1-13(2)23-21(25)16-9-7-15(8-10-16)12-26-19-6-4-5-18-20(19)17(22)11-14(3)24-18;2-1-3/h4-6,11,13,15-16H,7-10,12H2,1-3H3,(H2,22,24)(H,23,25);. The molecule has 0 saturated heterocycles. The zero-order valence-corrected chi connectivity index (χ0v) is 17.2. The summed E-state index contributed by atoms with van der Waals surface area (Å²) in [7, 11) is 0. The van der Waals surface area contributed by atoms with Gasteiger partial charge in [-0.1, -0.05) is 6.07 Å². The van der Waals surface area contributed by atoms with E-state index >= 15 is 0 Å². The summed E-state index contributed by atoms with van der Waals surface area (Å²) in [4.78, 5) is 32.9. The number of nitrogens with one attached hydrogen (secondary N) is 1. The molecule has 2 aromatic rings. The third-order valence-corrected chi connectivity index (χ3v) is 5.08. The lowest BCUT2D eigenvalue weighted by Crippen LogP contribution is -2.37. The van der Waals surface area contributed by atoms with Crippen molar-refractivity contribution in [3.8, 4) is 5.75 Å². The van der Waals surface area contributed by atoms with Gasteiger partial charge in [0.05, 0.1) is 17.5 Å². The van der Waals surface area contributed by atoms with Crippen molar-refractivity contribution in [1.82, 2.24) is 10.3 Å². The third-order valence-electron chi connectivity index (χ3n) is 5.08. The number of hydrogen-bond donors (Lipinski definition) is 2. The highest BCUT2D eigenvalue weighted by Crippen LogP contribution is 2.33. The summed E-state index contributed by atoms with van der Waals surface area (Å²) in [6.45, 7) is 6.61. The van der Waals surface area contributed by atoms with Gasteiger partial charge >= 0.3 is 6.15 Å². The van der Waals surface area contributed by atoms with Gasteiger partial charge in [0, 0.05) is 23.3 Å². The van der Waals surface area contributed by atoms with E-state index in [0.717, 1.165) is 48.0 Å². The van der Waals surface area contributed by atoms with Gasteiger partial charge in [-0.25, -0.2) is 0 Å². The Kier molecular flexibility index (Phi) is 8.16. The molecule has 0 spiro atoms. The first kappa shape index (κ1) is 22.4. The van der Waals surface area contributed by atoms with Crippen molar-refractivity contribution in [2.75, 3.05) is 12.3 Å². The van der Waals surface area contributed by atoms with Crippen molar-refractivity contribution < 1.29 is 19.1 Å². The van der Waals surface area contributed by atoms with Gasteiger partial charge in [-0.3, -0.25) is 9.78 Å². The molecule has 3 rings (SSSR count). The van der Waals surface area contributed by atoms with E-state index in [1.54, 1.807) is 0 Å². The van der Waals surface area contributed by atoms with Crippen molar-refractivity contribution >= 4 is 28.6 Å². The Morgan fingerprint density at radius 2 is 1.93 bits per heavy atom. The van der Waals surface area contributed by atoms with Gasteiger partial charge in [-0.05, 0) is 70.6 Å². The third kappa shape index (κ3) is 6.29. The number of fused-ring (bicyclic) bond motifs is 1. The van der Waals surface area contributed by atoms with E-state index in [9.17, 15) is 4.79 Å². The summed E-state index contributed by atoms with van der Waals surface area (Å²) in [6.07, 6.45) is 4.16. The molecule has 1 aliphatic rings. The Morgan fingerprint density at radius 1 is 1.28 bits per heavy atom. The fraction of sp³-hybridized carbons (Fsp3) is 0.500. The van der Waals surface area contributed by atoms with Gasteiger partial charge in [-0.2, -0.15) is 9.59 Å². The number of nitrogen functional groups attached to an aromatic ring is 1. The number of ether oxygens (including phenoxy) is 1. The Labute approximate surface area is 171 Å².